The van der Waals surface area contributed by atoms with Crippen molar-refractivity contribution >= 4 is 11.6 Å². The average Bonchev–Trinajstić information content (AvgIpc) is 2.68. The Morgan fingerprint density at radius 2 is 2.12 bits per heavy atom. The van der Waals surface area contributed by atoms with E-state index in [1.54, 1.807) is 0 Å². The van der Waals surface area contributed by atoms with Crippen LogP contribution < -0.4 is 5.32 Å². The minimum Gasteiger partial charge on any atom is -0.342 e. The van der Waals surface area contributed by atoms with Crippen LogP contribution in [-0.2, 0) is 6.42 Å². The Morgan fingerprint density at radius 3 is 2.82 bits per heavy atom. The minimum absolute atomic E-state index is 0.724. The molecular weight excluding hydrogens is 234 g/mol. The number of aromatic nitrogens is 2. The lowest BCUT2D eigenvalue weighted by Gasteiger charge is -1.99. The lowest BCUT2D eigenvalue weighted by atomic mass is 10.2. The van der Waals surface area contributed by atoms with Gasteiger partial charge in [-0.05, 0) is 26.1 Å². The number of likely N-dealkylation sites (N-methyl/N-ethyl adjacent to an activating group) is 1. The van der Waals surface area contributed by atoms with Gasteiger partial charge in [0, 0.05) is 24.2 Å². The first kappa shape index (κ1) is 12.1. The maximum atomic E-state index is 6.15. The highest BCUT2D eigenvalue weighted by Crippen LogP contribution is 2.25. The predicted molar refractivity (Wildman–Crippen MR) is 71.4 cm³/mol. The van der Waals surface area contributed by atoms with Gasteiger partial charge in [0.15, 0.2) is 0 Å². The van der Waals surface area contributed by atoms with Crippen molar-refractivity contribution in [2.75, 3.05) is 13.6 Å². The van der Waals surface area contributed by atoms with E-state index in [4.69, 9.17) is 11.6 Å². The maximum absolute atomic E-state index is 6.15. The maximum Gasteiger partial charge on any atom is 0.139 e. The molecule has 2 aromatic rings. The Hall–Kier alpha value is -1.32. The molecule has 0 saturated carbocycles. The van der Waals surface area contributed by atoms with Gasteiger partial charge in [-0.25, -0.2) is 4.98 Å². The van der Waals surface area contributed by atoms with Gasteiger partial charge < -0.3 is 10.3 Å². The van der Waals surface area contributed by atoms with Crippen molar-refractivity contribution in [2.45, 2.75) is 13.3 Å². The zero-order valence-corrected chi connectivity index (χ0v) is 10.8. The van der Waals surface area contributed by atoms with Crippen molar-refractivity contribution in [1.29, 1.82) is 0 Å². The lowest BCUT2D eigenvalue weighted by Crippen LogP contribution is -2.11. The summed E-state index contributed by atoms with van der Waals surface area (Å²) in [5.74, 6) is 0.846. The van der Waals surface area contributed by atoms with Crippen molar-refractivity contribution in [2.24, 2.45) is 0 Å². The fourth-order valence-electron chi connectivity index (χ4n) is 1.76. The number of rotatable bonds is 4. The topological polar surface area (TPSA) is 40.7 Å². The van der Waals surface area contributed by atoms with Gasteiger partial charge in [0.05, 0.1) is 10.7 Å². The summed E-state index contributed by atoms with van der Waals surface area (Å²) in [5.41, 5.74) is 3.15. The first-order valence-electron chi connectivity index (χ1n) is 5.67. The Labute approximate surface area is 106 Å². The lowest BCUT2D eigenvalue weighted by molar-refractivity contribution is 0.776. The standard InChI is InChI=1S/C13H16ClN3/c1-9-12(7-8-15-2)17-13(16-9)10-5-3-4-6-11(10)14/h3-6,15H,7-8H2,1-2H3,(H,16,17). The van der Waals surface area contributed by atoms with Crippen molar-refractivity contribution in [3.05, 3.63) is 40.7 Å². The smallest absolute Gasteiger partial charge is 0.139 e. The molecule has 3 nitrogen and oxygen atoms in total. The SMILES string of the molecule is CNCCc1nc(-c2ccccc2Cl)[nH]c1C. The van der Waals surface area contributed by atoms with Crippen LogP contribution in [-0.4, -0.2) is 23.6 Å². The molecule has 0 amide bonds. The summed E-state index contributed by atoms with van der Waals surface area (Å²) in [5, 5.41) is 3.85. The van der Waals surface area contributed by atoms with E-state index in [2.05, 4.69) is 15.3 Å². The average molecular weight is 250 g/mol. The highest BCUT2D eigenvalue weighted by molar-refractivity contribution is 6.33. The van der Waals surface area contributed by atoms with E-state index in [0.29, 0.717) is 0 Å². The molecule has 0 fully saturated rings. The number of halogens is 1. The molecule has 0 spiro atoms. The summed E-state index contributed by atoms with van der Waals surface area (Å²) < 4.78 is 0. The number of H-pyrrole nitrogens is 1. The van der Waals surface area contributed by atoms with Gasteiger partial charge in [0.2, 0.25) is 0 Å². The van der Waals surface area contributed by atoms with Crippen LogP contribution in [0.1, 0.15) is 11.4 Å². The van der Waals surface area contributed by atoms with Gasteiger partial charge in [0.1, 0.15) is 5.82 Å². The molecule has 17 heavy (non-hydrogen) atoms. The molecule has 1 heterocycles. The van der Waals surface area contributed by atoms with E-state index in [9.17, 15) is 0 Å². The third kappa shape index (κ3) is 2.68. The molecule has 2 rings (SSSR count). The van der Waals surface area contributed by atoms with Crippen molar-refractivity contribution in [1.82, 2.24) is 15.3 Å². The Bertz CT molecular complexity index is 505. The molecule has 4 heteroatoms. The van der Waals surface area contributed by atoms with Crippen LogP contribution in [0.4, 0.5) is 0 Å². The Balaban J connectivity index is 2.31. The first-order valence-corrected chi connectivity index (χ1v) is 6.05. The molecule has 1 aromatic heterocycles. The van der Waals surface area contributed by atoms with Crippen LogP contribution in [0.25, 0.3) is 11.4 Å². The van der Waals surface area contributed by atoms with Crippen molar-refractivity contribution in [3.8, 4) is 11.4 Å². The molecule has 0 bridgehead atoms. The fourth-order valence-corrected chi connectivity index (χ4v) is 1.99. The molecule has 0 radical (unpaired) electrons. The second kappa shape index (κ2) is 5.34. The van der Waals surface area contributed by atoms with Gasteiger partial charge in [-0.2, -0.15) is 0 Å². The van der Waals surface area contributed by atoms with Crippen LogP contribution >= 0.6 is 11.6 Å². The molecule has 0 aliphatic rings. The van der Waals surface area contributed by atoms with Crippen LogP contribution in [0.3, 0.4) is 0 Å². The third-order valence-corrected chi connectivity index (χ3v) is 3.06. The number of nitrogens with zero attached hydrogens (tertiary/aromatic N) is 1. The quantitative estimate of drug-likeness (QED) is 0.875. The van der Waals surface area contributed by atoms with Crippen LogP contribution in [0, 0.1) is 6.92 Å². The zero-order chi connectivity index (χ0) is 12.3. The Kier molecular flexibility index (Phi) is 3.82. The molecule has 0 aliphatic heterocycles. The molecule has 0 saturated heterocycles. The van der Waals surface area contributed by atoms with E-state index in [1.165, 1.54) is 0 Å². The van der Waals surface area contributed by atoms with Gasteiger partial charge in [0.25, 0.3) is 0 Å². The number of benzene rings is 1. The molecule has 90 valence electrons. The number of aromatic amines is 1. The summed E-state index contributed by atoms with van der Waals surface area (Å²) in [7, 11) is 1.94. The van der Waals surface area contributed by atoms with Gasteiger partial charge >= 0.3 is 0 Å². The predicted octanol–water partition coefficient (Wildman–Crippen LogP) is 2.80. The number of hydrogen-bond acceptors (Lipinski definition) is 2. The molecule has 1 aromatic carbocycles. The molecule has 2 N–H and O–H groups in total. The second-order valence-corrected chi connectivity index (χ2v) is 4.40. The number of imidazole rings is 1. The van der Waals surface area contributed by atoms with Crippen molar-refractivity contribution in [3.63, 3.8) is 0 Å². The fraction of sp³-hybridized carbons (Fsp3) is 0.308. The van der Waals surface area contributed by atoms with E-state index in [0.717, 1.165) is 40.8 Å². The molecule has 0 aliphatic carbocycles. The summed E-state index contributed by atoms with van der Waals surface area (Å²) in [6, 6.07) is 7.74. The van der Waals surface area contributed by atoms with E-state index in [-0.39, 0.29) is 0 Å². The van der Waals surface area contributed by atoms with Crippen LogP contribution in [0.15, 0.2) is 24.3 Å². The number of hydrogen-bond donors (Lipinski definition) is 2. The van der Waals surface area contributed by atoms with E-state index in [1.807, 2.05) is 38.2 Å². The summed E-state index contributed by atoms with van der Waals surface area (Å²) in [6.45, 7) is 2.96. The largest absolute Gasteiger partial charge is 0.342 e. The Morgan fingerprint density at radius 1 is 1.35 bits per heavy atom. The van der Waals surface area contributed by atoms with Crippen LogP contribution in [0.2, 0.25) is 5.02 Å². The highest BCUT2D eigenvalue weighted by atomic mass is 35.5. The summed E-state index contributed by atoms with van der Waals surface area (Å²) >= 11 is 6.15. The number of aryl methyl sites for hydroxylation is 1. The normalized spacial score (nSPS) is 10.8. The van der Waals surface area contributed by atoms with E-state index < -0.39 is 0 Å². The van der Waals surface area contributed by atoms with Gasteiger partial charge in [-0.1, -0.05) is 23.7 Å². The van der Waals surface area contributed by atoms with E-state index >= 15 is 0 Å². The minimum atomic E-state index is 0.724. The molecule has 0 atom stereocenters. The first-order chi connectivity index (χ1) is 8.22. The van der Waals surface area contributed by atoms with Gasteiger partial charge in [-0.3, -0.25) is 0 Å². The number of nitrogens with one attached hydrogen (secondary N) is 2. The molecular formula is C13H16ClN3. The van der Waals surface area contributed by atoms with Crippen LogP contribution in [0.5, 0.6) is 0 Å². The molecule has 0 unspecified atom stereocenters. The van der Waals surface area contributed by atoms with Crippen molar-refractivity contribution < 1.29 is 0 Å². The monoisotopic (exact) mass is 249 g/mol. The summed E-state index contributed by atoms with van der Waals surface area (Å²) in [4.78, 5) is 7.89. The third-order valence-electron chi connectivity index (χ3n) is 2.73. The summed E-state index contributed by atoms with van der Waals surface area (Å²) in [6.07, 6.45) is 0.920. The zero-order valence-electron chi connectivity index (χ0n) is 10.0. The highest BCUT2D eigenvalue weighted by Gasteiger charge is 2.10. The van der Waals surface area contributed by atoms with Gasteiger partial charge in [-0.15, -0.1) is 0 Å². The second-order valence-electron chi connectivity index (χ2n) is 3.99.